The number of hydrazone groups is 1. The number of nitrogens with one attached hydrogen (secondary N) is 2. The minimum Gasteiger partial charge on any atom is -0.488 e. The van der Waals surface area contributed by atoms with E-state index in [0.717, 1.165) is 16.7 Å². The number of nitrogens with zero attached hydrogens (tertiary/aromatic N) is 1. The van der Waals surface area contributed by atoms with Crippen LogP contribution in [0.2, 0.25) is 0 Å². The number of rotatable bonds is 8. The van der Waals surface area contributed by atoms with Crippen molar-refractivity contribution in [1.29, 1.82) is 0 Å². The SMILES string of the molecule is Cc1ccccc1C(=O)Nc1ccc(C(=O)N/N=C/c2ccccc2OCc2ccccc2)cc1. The van der Waals surface area contributed by atoms with Crippen LogP contribution in [0.15, 0.2) is 108 Å². The van der Waals surface area contributed by atoms with Crippen LogP contribution in [0.3, 0.4) is 0 Å². The topological polar surface area (TPSA) is 79.8 Å². The highest BCUT2D eigenvalue weighted by Gasteiger charge is 2.10. The Morgan fingerprint density at radius 1 is 0.800 bits per heavy atom. The fourth-order valence-corrected chi connectivity index (χ4v) is 3.41. The van der Waals surface area contributed by atoms with E-state index in [1.807, 2.05) is 79.7 Å². The van der Waals surface area contributed by atoms with Gasteiger partial charge in [0.05, 0.1) is 6.21 Å². The number of aryl methyl sites for hydroxylation is 1. The summed E-state index contributed by atoms with van der Waals surface area (Å²) in [7, 11) is 0. The molecule has 6 nitrogen and oxygen atoms in total. The van der Waals surface area contributed by atoms with Crippen molar-refractivity contribution in [3.63, 3.8) is 0 Å². The first-order valence-corrected chi connectivity index (χ1v) is 11.2. The largest absolute Gasteiger partial charge is 0.488 e. The Hall–Kier alpha value is -4.71. The molecule has 35 heavy (non-hydrogen) atoms. The van der Waals surface area contributed by atoms with Gasteiger partial charge in [0.15, 0.2) is 0 Å². The number of amides is 2. The summed E-state index contributed by atoms with van der Waals surface area (Å²) in [6, 6.07) is 31.4. The maximum atomic E-state index is 12.5. The molecule has 0 spiro atoms. The standard InChI is InChI=1S/C29H25N3O3/c1-21-9-5-7-13-26(21)29(34)31-25-17-15-23(16-18-25)28(33)32-30-19-24-12-6-8-14-27(24)35-20-22-10-3-2-4-11-22/h2-19H,20H2,1H3,(H,31,34)(H,32,33)/b30-19+. The third-order valence-corrected chi connectivity index (χ3v) is 5.32. The summed E-state index contributed by atoms with van der Waals surface area (Å²) < 4.78 is 5.91. The van der Waals surface area contributed by atoms with Gasteiger partial charge in [-0.15, -0.1) is 0 Å². The molecule has 0 atom stereocenters. The van der Waals surface area contributed by atoms with Crippen LogP contribution in [0.4, 0.5) is 5.69 Å². The molecule has 0 aromatic heterocycles. The lowest BCUT2D eigenvalue weighted by molar-refractivity contribution is 0.0954. The van der Waals surface area contributed by atoms with E-state index in [9.17, 15) is 9.59 Å². The van der Waals surface area contributed by atoms with Crippen molar-refractivity contribution in [2.75, 3.05) is 5.32 Å². The van der Waals surface area contributed by atoms with Gasteiger partial charge in [0.1, 0.15) is 12.4 Å². The number of para-hydroxylation sites is 1. The molecule has 0 saturated carbocycles. The van der Waals surface area contributed by atoms with Crippen molar-refractivity contribution in [1.82, 2.24) is 5.43 Å². The molecule has 0 saturated heterocycles. The maximum Gasteiger partial charge on any atom is 0.271 e. The second kappa shape index (κ2) is 11.4. The Kier molecular flexibility index (Phi) is 7.66. The van der Waals surface area contributed by atoms with E-state index in [-0.39, 0.29) is 11.8 Å². The van der Waals surface area contributed by atoms with Crippen LogP contribution in [-0.4, -0.2) is 18.0 Å². The number of carbonyl (C=O) groups excluding carboxylic acids is 2. The quantitative estimate of drug-likeness (QED) is 0.264. The molecule has 4 aromatic rings. The Balaban J connectivity index is 1.34. The lowest BCUT2D eigenvalue weighted by atomic mass is 10.1. The average molecular weight is 464 g/mol. The first-order valence-electron chi connectivity index (χ1n) is 11.2. The highest BCUT2D eigenvalue weighted by atomic mass is 16.5. The van der Waals surface area contributed by atoms with Crippen molar-refractivity contribution in [3.8, 4) is 5.75 Å². The molecular formula is C29H25N3O3. The highest BCUT2D eigenvalue weighted by molar-refractivity contribution is 6.05. The van der Waals surface area contributed by atoms with Crippen LogP contribution in [-0.2, 0) is 6.61 Å². The van der Waals surface area contributed by atoms with Crippen LogP contribution < -0.4 is 15.5 Å². The van der Waals surface area contributed by atoms with Gasteiger partial charge in [-0.3, -0.25) is 9.59 Å². The van der Waals surface area contributed by atoms with E-state index in [2.05, 4.69) is 15.8 Å². The van der Waals surface area contributed by atoms with Crippen LogP contribution in [0.5, 0.6) is 5.75 Å². The summed E-state index contributed by atoms with van der Waals surface area (Å²) in [5, 5.41) is 6.93. The second-order valence-electron chi connectivity index (χ2n) is 7.86. The number of anilines is 1. The minimum absolute atomic E-state index is 0.196. The van der Waals surface area contributed by atoms with Gasteiger partial charge >= 0.3 is 0 Å². The fraction of sp³-hybridized carbons (Fsp3) is 0.0690. The van der Waals surface area contributed by atoms with Crippen LogP contribution in [0.1, 0.15) is 37.4 Å². The van der Waals surface area contributed by atoms with Crippen molar-refractivity contribution < 1.29 is 14.3 Å². The van der Waals surface area contributed by atoms with E-state index < -0.39 is 0 Å². The number of benzene rings is 4. The first kappa shape index (κ1) is 23.4. The molecule has 6 heteroatoms. The van der Waals surface area contributed by atoms with Crippen molar-refractivity contribution in [2.24, 2.45) is 5.10 Å². The summed E-state index contributed by atoms with van der Waals surface area (Å²) in [4.78, 5) is 25.0. The molecule has 0 aliphatic heterocycles. The van der Waals surface area contributed by atoms with Gasteiger partial charge in [-0.25, -0.2) is 5.43 Å². The third-order valence-electron chi connectivity index (χ3n) is 5.32. The Morgan fingerprint density at radius 2 is 1.49 bits per heavy atom. The number of ether oxygens (including phenoxy) is 1. The molecule has 174 valence electrons. The van der Waals surface area contributed by atoms with E-state index >= 15 is 0 Å². The molecule has 4 aromatic carbocycles. The molecule has 0 bridgehead atoms. The number of hydrogen-bond acceptors (Lipinski definition) is 4. The highest BCUT2D eigenvalue weighted by Crippen LogP contribution is 2.18. The van der Waals surface area contributed by atoms with E-state index in [1.165, 1.54) is 0 Å². The fourth-order valence-electron chi connectivity index (χ4n) is 3.41. The molecular weight excluding hydrogens is 438 g/mol. The van der Waals surface area contributed by atoms with Gasteiger partial charge in [-0.05, 0) is 60.5 Å². The molecule has 0 aliphatic carbocycles. The van der Waals surface area contributed by atoms with Crippen LogP contribution in [0.25, 0.3) is 0 Å². The first-order chi connectivity index (χ1) is 17.1. The molecule has 0 fully saturated rings. The minimum atomic E-state index is -0.360. The van der Waals surface area contributed by atoms with Gasteiger partial charge in [0.2, 0.25) is 0 Å². The van der Waals surface area contributed by atoms with Crippen molar-refractivity contribution in [2.45, 2.75) is 13.5 Å². The molecule has 0 aliphatic rings. The smallest absolute Gasteiger partial charge is 0.271 e. The van der Waals surface area contributed by atoms with E-state index in [1.54, 1.807) is 36.5 Å². The van der Waals surface area contributed by atoms with Gasteiger partial charge < -0.3 is 10.1 Å². The molecule has 2 amide bonds. The molecule has 0 heterocycles. The third kappa shape index (κ3) is 6.42. The second-order valence-corrected chi connectivity index (χ2v) is 7.86. The summed E-state index contributed by atoms with van der Waals surface area (Å²) in [6.07, 6.45) is 1.55. The van der Waals surface area contributed by atoms with Crippen molar-refractivity contribution in [3.05, 3.63) is 131 Å². The average Bonchev–Trinajstić information content (AvgIpc) is 2.89. The summed E-state index contributed by atoms with van der Waals surface area (Å²) in [5.41, 5.74) is 6.86. The monoisotopic (exact) mass is 463 g/mol. The maximum absolute atomic E-state index is 12.5. The molecule has 0 radical (unpaired) electrons. The predicted octanol–water partition coefficient (Wildman–Crippen LogP) is 5.59. The predicted molar refractivity (Wildman–Crippen MR) is 138 cm³/mol. The van der Waals surface area contributed by atoms with Crippen molar-refractivity contribution >= 4 is 23.7 Å². The summed E-state index contributed by atoms with van der Waals surface area (Å²) in [6.45, 7) is 2.32. The molecule has 2 N–H and O–H groups in total. The number of carbonyl (C=O) groups is 2. The summed E-state index contributed by atoms with van der Waals surface area (Å²) >= 11 is 0. The van der Waals surface area contributed by atoms with Gasteiger partial charge in [0.25, 0.3) is 11.8 Å². The lowest BCUT2D eigenvalue weighted by Crippen LogP contribution is -2.18. The Bertz CT molecular complexity index is 1330. The zero-order chi connectivity index (χ0) is 24.5. The molecule has 4 rings (SSSR count). The number of hydrogen-bond donors (Lipinski definition) is 2. The van der Waals surface area contributed by atoms with Crippen LogP contribution >= 0.6 is 0 Å². The zero-order valence-corrected chi connectivity index (χ0v) is 19.3. The van der Waals surface area contributed by atoms with E-state index in [0.29, 0.717) is 29.2 Å². The zero-order valence-electron chi connectivity index (χ0n) is 19.3. The normalized spacial score (nSPS) is 10.7. The summed E-state index contributed by atoms with van der Waals surface area (Å²) in [5.74, 6) is 0.113. The Morgan fingerprint density at radius 3 is 2.26 bits per heavy atom. The van der Waals surface area contributed by atoms with Gasteiger partial charge in [-0.2, -0.15) is 5.10 Å². The Labute approximate surface area is 204 Å². The van der Waals surface area contributed by atoms with Crippen LogP contribution in [0, 0.1) is 6.92 Å². The van der Waals surface area contributed by atoms with Gasteiger partial charge in [0, 0.05) is 22.4 Å². The van der Waals surface area contributed by atoms with E-state index in [4.69, 9.17) is 4.74 Å². The van der Waals surface area contributed by atoms with Gasteiger partial charge in [-0.1, -0.05) is 60.7 Å². The molecule has 0 unspecified atom stereocenters. The lowest BCUT2D eigenvalue weighted by Gasteiger charge is -2.09.